The van der Waals surface area contributed by atoms with Crippen molar-refractivity contribution in [3.63, 3.8) is 0 Å². The van der Waals surface area contributed by atoms with Gasteiger partial charge in [-0.1, -0.05) is 36.4 Å². The zero-order chi connectivity index (χ0) is 20.9. The van der Waals surface area contributed by atoms with E-state index in [0.29, 0.717) is 11.3 Å². The third-order valence-electron chi connectivity index (χ3n) is 4.64. The Morgan fingerprint density at radius 1 is 1.00 bits per heavy atom. The van der Waals surface area contributed by atoms with Gasteiger partial charge in [-0.15, -0.1) is 0 Å². The van der Waals surface area contributed by atoms with Gasteiger partial charge in [0.15, 0.2) is 0 Å². The summed E-state index contributed by atoms with van der Waals surface area (Å²) in [6, 6.07) is 16.1. The Bertz CT molecular complexity index is 840. The molecule has 1 heterocycles. The number of benzene rings is 2. The van der Waals surface area contributed by atoms with Gasteiger partial charge in [0.2, 0.25) is 0 Å². The standard InChI is InChI=1S/C23H29N3O3/c1-23(2,3)29-22(28)25-20(17-10-5-4-6-11-17)21(27)24-18-12-9-13-19(16-18)26-14-7-8-15-26/h4-6,9-13,16,20H,7-8,14-15H2,1-3H3,(H,24,27)(H,25,28). The minimum atomic E-state index is -0.860. The predicted octanol–water partition coefficient (Wildman–Crippen LogP) is 4.49. The Labute approximate surface area is 172 Å². The molecule has 0 saturated carbocycles. The van der Waals surface area contributed by atoms with Crippen molar-refractivity contribution in [3.05, 3.63) is 60.2 Å². The van der Waals surface area contributed by atoms with Crippen molar-refractivity contribution in [2.75, 3.05) is 23.3 Å². The molecule has 6 heteroatoms. The van der Waals surface area contributed by atoms with Gasteiger partial charge in [-0.05, 0) is 57.4 Å². The van der Waals surface area contributed by atoms with Crippen LogP contribution in [-0.2, 0) is 9.53 Å². The molecule has 6 nitrogen and oxygen atoms in total. The van der Waals surface area contributed by atoms with Crippen LogP contribution in [0.5, 0.6) is 0 Å². The molecule has 0 aromatic heterocycles. The number of alkyl carbamates (subject to hydrolysis) is 1. The average molecular weight is 396 g/mol. The van der Waals surface area contributed by atoms with Crippen LogP contribution >= 0.6 is 0 Å². The molecule has 1 aliphatic heterocycles. The Morgan fingerprint density at radius 2 is 1.69 bits per heavy atom. The van der Waals surface area contributed by atoms with E-state index in [-0.39, 0.29) is 5.91 Å². The summed E-state index contributed by atoms with van der Waals surface area (Å²) < 4.78 is 5.34. The summed E-state index contributed by atoms with van der Waals surface area (Å²) in [5.41, 5.74) is 1.83. The molecular formula is C23H29N3O3. The molecule has 2 N–H and O–H groups in total. The lowest BCUT2D eigenvalue weighted by Crippen LogP contribution is -2.40. The SMILES string of the molecule is CC(C)(C)OC(=O)NC(C(=O)Nc1cccc(N2CCCC2)c1)c1ccccc1. The molecule has 2 aromatic carbocycles. The first-order valence-electron chi connectivity index (χ1n) is 10.0. The smallest absolute Gasteiger partial charge is 0.408 e. The van der Waals surface area contributed by atoms with Crippen LogP contribution in [0, 0.1) is 0 Å². The third kappa shape index (κ3) is 5.98. The summed E-state index contributed by atoms with van der Waals surface area (Å²) in [5.74, 6) is -0.319. The maximum Gasteiger partial charge on any atom is 0.408 e. The molecule has 1 saturated heterocycles. The molecule has 1 fully saturated rings. The highest BCUT2D eigenvalue weighted by Crippen LogP contribution is 2.24. The molecule has 3 rings (SSSR count). The monoisotopic (exact) mass is 395 g/mol. The van der Waals surface area contributed by atoms with E-state index in [1.165, 1.54) is 12.8 Å². The number of carbonyl (C=O) groups excluding carboxylic acids is 2. The van der Waals surface area contributed by atoms with E-state index in [1.807, 2.05) is 48.5 Å². The molecule has 154 valence electrons. The first-order valence-corrected chi connectivity index (χ1v) is 10.0. The lowest BCUT2D eigenvalue weighted by Gasteiger charge is -2.24. The Kier molecular flexibility index (Phi) is 6.42. The Morgan fingerprint density at radius 3 is 2.34 bits per heavy atom. The summed E-state index contributed by atoms with van der Waals surface area (Å²) in [4.78, 5) is 27.7. The fourth-order valence-electron chi connectivity index (χ4n) is 3.34. The summed E-state index contributed by atoms with van der Waals surface area (Å²) in [6.45, 7) is 7.42. The maximum absolute atomic E-state index is 13.1. The molecule has 0 aliphatic carbocycles. The number of hydrogen-bond donors (Lipinski definition) is 2. The van der Waals surface area contributed by atoms with Crippen LogP contribution < -0.4 is 15.5 Å². The van der Waals surface area contributed by atoms with E-state index in [1.54, 1.807) is 20.8 Å². The van der Waals surface area contributed by atoms with Crippen molar-refractivity contribution < 1.29 is 14.3 Å². The normalized spacial score (nSPS) is 14.9. The lowest BCUT2D eigenvalue weighted by molar-refractivity contribution is -0.118. The van der Waals surface area contributed by atoms with Crippen molar-refractivity contribution in [1.29, 1.82) is 0 Å². The zero-order valence-electron chi connectivity index (χ0n) is 17.3. The van der Waals surface area contributed by atoms with E-state index in [0.717, 1.165) is 18.8 Å². The number of amides is 2. The fraction of sp³-hybridized carbons (Fsp3) is 0.391. The Hall–Kier alpha value is -3.02. The Balaban J connectivity index is 1.76. The van der Waals surface area contributed by atoms with E-state index >= 15 is 0 Å². The van der Waals surface area contributed by atoms with Crippen LogP contribution in [0.1, 0.15) is 45.2 Å². The van der Waals surface area contributed by atoms with E-state index in [9.17, 15) is 9.59 Å². The highest BCUT2D eigenvalue weighted by molar-refractivity contribution is 5.97. The number of nitrogens with one attached hydrogen (secondary N) is 2. The number of carbonyl (C=O) groups is 2. The van der Waals surface area contributed by atoms with Crippen molar-refractivity contribution in [3.8, 4) is 0 Å². The summed E-state index contributed by atoms with van der Waals surface area (Å²) >= 11 is 0. The van der Waals surface area contributed by atoms with Gasteiger partial charge in [0.1, 0.15) is 11.6 Å². The maximum atomic E-state index is 13.1. The van der Waals surface area contributed by atoms with Crippen LogP contribution in [0.25, 0.3) is 0 Å². The number of rotatable bonds is 5. The van der Waals surface area contributed by atoms with Crippen molar-refractivity contribution in [2.45, 2.75) is 45.3 Å². The third-order valence-corrected chi connectivity index (χ3v) is 4.64. The second-order valence-electron chi connectivity index (χ2n) is 8.22. The molecule has 29 heavy (non-hydrogen) atoms. The largest absolute Gasteiger partial charge is 0.444 e. The highest BCUT2D eigenvalue weighted by atomic mass is 16.6. The molecule has 1 unspecified atom stereocenters. The second-order valence-corrected chi connectivity index (χ2v) is 8.22. The minimum Gasteiger partial charge on any atom is -0.444 e. The van der Waals surface area contributed by atoms with Gasteiger partial charge in [-0.3, -0.25) is 4.79 Å². The number of anilines is 2. The molecule has 2 amide bonds. The van der Waals surface area contributed by atoms with Crippen molar-refractivity contribution >= 4 is 23.4 Å². The van der Waals surface area contributed by atoms with Gasteiger partial charge < -0.3 is 20.3 Å². The van der Waals surface area contributed by atoms with Gasteiger partial charge in [-0.2, -0.15) is 0 Å². The predicted molar refractivity (Wildman–Crippen MR) is 115 cm³/mol. The number of ether oxygens (including phenoxy) is 1. The van der Waals surface area contributed by atoms with Crippen LogP contribution in [0.4, 0.5) is 16.2 Å². The van der Waals surface area contributed by atoms with Crippen molar-refractivity contribution in [2.24, 2.45) is 0 Å². The molecule has 0 spiro atoms. The van der Waals surface area contributed by atoms with Gasteiger partial charge >= 0.3 is 6.09 Å². The zero-order valence-corrected chi connectivity index (χ0v) is 17.3. The van der Waals surface area contributed by atoms with Crippen LogP contribution in [0.2, 0.25) is 0 Å². The van der Waals surface area contributed by atoms with E-state index in [4.69, 9.17) is 4.74 Å². The first-order chi connectivity index (χ1) is 13.8. The topological polar surface area (TPSA) is 70.7 Å². The molecule has 0 radical (unpaired) electrons. The average Bonchev–Trinajstić information content (AvgIpc) is 3.20. The quantitative estimate of drug-likeness (QED) is 0.782. The highest BCUT2D eigenvalue weighted by Gasteiger charge is 2.26. The second kappa shape index (κ2) is 8.99. The minimum absolute atomic E-state index is 0.319. The van der Waals surface area contributed by atoms with Gasteiger partial charge in [0, 0.05) is 24.5 Å². The fourth-order valence-corrected chi connectivity index (χ4v) is 3.34. The number of nitrogens with zero attached hydrogens (tertiary/aromatic N) is 1. The lowest BCUT2D eigenvalue weighted by atomic mass is 10.1. The van der Waals surface area contributed by atoms with Crippen LogP contribution in [-0.4, -0.2) is 30.7 Å². The van der Waals surface area contributed by atoms with Crippen molar-refractivity contribution in [1.82, 2.24) is 5.32 Å². The summed E-state index contributed by atoms with van der Waals surface area (Å²) in [7, 11) is 0. The van der Waals surface area contributed by atoms with Gasteiger partial charge in [0.25, 0.3) is 5.91 Å². The van der Waals surface area contributed by atoms with Gasteiger partial charge in [0.05, 0.1) is 0 Å². The molecule has 1 atom stereocenters. The summed E-state index contributed by atoms with van der Waals surface area (Å²) in [6.07, 6.45) is 1.74. The van der Waals surface area contributed by atoms with Crippen LogP contribution in [0.15, 0.2) is 54.6 Å². The van der Waals surface area contributed by atoms with Crippen LogP contribution in [0.3, 0.4) is 0 Å². The molecule has 0 bridgehead atoms. The van der Waals surface area contributed by atoms with E-state index < -0.39 is 17.7 Å². The van der Waals surface area contributed by atoms with Gasteiger partial charge in [-0.25, -0.2) is 4.79 Å². The molecular weight excluding hydrogens is 366 g/mol. The van der Waals surface area contributed by atoms with E-state index in [2.05, 4.69) is 21.6 Å². The summed E-state index contributed by atoms with van der Waals surface area (Å²) in [5, 5.41) is 5.63. The molecule has 1 aliphatic rings. The first kappa shape index (κ1) is 20.7. The number of hydrogen-bond acceptors (Lipinski definition) is 4. The molecule has 2 aromatic rings.